The van der Waals surface area contributed by atoms with Crippen LogP contribution in [0.25, 0.3) is 11.1 Å². The Bertz CT molecular complexity index is 699. The number of rotatable bonds is 3. The number of benzene rings is 2. The molecule has 2 aromatic carbocycles. The molecule has 0 aliphatic carbocycles. The molecule has 0 bridgehead atoms. The van der Waals surface area contributed by atoms with Crippen molar-refractivity contribution in [3.8, 4) is 11.1 Å². The summed E-state index contributed by atoms with van der Waals surface area (Å²) in [6, 6.07) is 15.2. The van der Waals surface area contributed by atoms with Gasteiger partial charge in [-0.2, -0.15) is 4.58 Å². The zero-order chi connectivity index (χ0) is 15.6. The van der Waals surface area contributed by atoms with E-state index in [1.165, 1.54) is 33.5 Å². The standard InChI is InChI=1S/C20H24N/c1-14(2)17(5)21(6)20-12-11-19(13-16(20)4)18-9-7-15(3)8-10-18/h7-13H,6H2,1-5H3/q+1. The van der Waals surface area contributed by atoms with Gasteiger partial charge in [0.1, 0.15) is 6.72 Å². The molecule has 0 N–H and O–H groups in total. The number of hydrogen-bond donors (Lipinski definition) is 0. The van der Waals surface area contributed by atoms with Crippen molar-refractivity contribution in [2.45, 2.75) is 34.6 Å². The number of allylic oxidation sites excluding steroid dienone is 2. The van der Waals surface area contributed by atoms with E-state index >= 15 is 0 Å². The van der Waals surface area contributed by atoms with E-state index in [4.69, 9.17) is 0 Å². The summed E-state index contributed by atoms with van der Waals surface area (Å²) in [6.45, 7) is 14.8. The van der Waals surface area contributed by atoms with Gasteiger partial charge in [-0.3, -0.25) is 0 Å². The van der Waals surface area contributed by atoms with E-state index in [0.717, 1.165) is 5.69 Å². The molecule has 0 saturated carbocycles. The Morgan fingerprint density at radius 1 is 0.857 bits per heavy atom. The molecular weight excluding hydrogens is 254 g/mol. The molecule has 2 rings (SSSR count). The summed E-state index contributed by atoms with van der Waals surface area (Å²) < 4.78 is 2.02. The van der Waals surface area contributed by atoms with Gasteiger partial charge in [0.25, 0.3) is 0 Å². The van der Waals surface area contributed by atoms with Gasteiger partial charge in [0.15, 0.2) is 5.70 Å². The van der Waals surface area contributed by atoms with Crippen molar-refractivity contribution in [1.82, 2.24) is 0 Å². The van der Waals surface area contributed by atoms with Crippen LogP contribution in [0, 0.1) is 13.8 Å². The van der Waals surface area contributed by atoms with E-state index in [-0.39, 0.29) is 0 Å². The van der Waals surface area contributed by atoms with Crippen molar-refractivity contribution in [2.24, 2.45) is 0 Å². The van der Waals surface area contributed by atoms with Gasteiger partial charge < -0.3 is 0 Å². The van der Waals surface area contributed by atoms with Crippen LogP contribution >= 0.6 is 0 Å². The van der Waals surface area contributed by atoms with Crippen molar-refractivity contribution in [3.05, 3.63) is 64.9 Å². The van der Waals surface area contributed by atoms with Crippen molar-refractivity contribution < 1.29 is 4.58 Å². The highest BCUT2D eigenvalue weighted by molar-refractivity contribution is 5.67. The van der Waals surface area contributed by atoms with Crippen LogP contribution in [-0.2, 0) is 0 Å². The minimum Gasteiger partial charge on any atom is -0.171 e. The van der Waals surface area contributed by atoms with Crippen LogP contribution in [0.4, 0.5) is 5.69 Å². The lowest BCUT2D eigenvalue weighted by Crippen LogP contribution is -2.03. The molecule has 0 spiro atoms. The quantitative estimate of drug-likeness (QED) is 0.505. The van der Waals surface area contributed by atoms with Gasteiger partial charge in [-0.15, -0.1) is 0 Å². The average molecular weight is 278 g/mol. The molecule has 0 aliphatic heterocycles. The van der Waals surface area contributed by atoms with E-state index in [2.05, 4.69) is 83.8 Å². The Hall–Kier alpha value is -2.15. The zero-order valence-electron chi connectivity index (χ0n) is 13.7. The van der Waals surface area contributed by atoms with Gasteiger partial charge in [-0.05, 0) is 56.5 Å². The smallest absolute Gasteiger partial charge is 0.171 e. The van der Waals surface area contributed by atoms with Crippen LogP contribution in [0.2, 0.25) is 0 Å². The summed E-state index contributed by atoms with van der Waals surface area (Å²) in [4.78, 5) is 0. The highest BCUT2D eigenvalue weighted by Gasteiger charge is 2.14. The molecule has 0 unspecified atom stereocenters. The normalized spacial score (nSPS) is 10.3. The molecule has 0 atom stereocenters. The molecule has 0 heterocycles. The van der Waals surface area contributed by atoms with Gasteiger partial charge in [0.05, 0.1) is 0 Å². The lowest BCUT2D eigenvalue weighted by atomic mass is 10.0. The fourth-order valence-electron chi connectivity index (χ4n) is 2.33. The monoisotopic (exact) mass is 278 g/mol. The molecule has 0 fully saturated rings. The molecule has 108 valence electrons. The summed E-state index contributed by atoms with van der Waals surface area (Å²) in [5, 5.41) is 0. The second kappa shape index (κ2) is 6.09. The molecule has 1 nitrogen and oxygen atoms in total. The summed E-state index contributed by atoms with van der Waals surface area (Å²) in [5.41, 5.74) is 8.67. The Morgan fingerprint density at radius 3 is 1.95 bits per heavy atom. The molecule has 21 heavy (non-hydrogen) atoms. The SMILES string of the molecule is C=[N+](C(C)=C(C)C)c1ccc(-c2ccc(C)cc2)cc1C. The molecule has 0 aliphatic rings. The predicted molar refractivity (Wildman–Crippen MR) is 92.4 cm³/mol. The average Bonchev–Trinajstić information content (AvgIpc) is 2.46. The van der Waals surface area contributed by atoms with Gasteiger partial charge in [0.2, 0.25) is 5.69 Å². The topological polar surface area (TPSA) is 3.01 Å². The first-order chi connectivity index (χ1) is 9.90. The van der Waals surface area contributed by atoms with E-state index in [0.29, 0.717) is 0 Å². The second-order valence-corrected chi connectivity index (χ2v) is 5.88. The van der Waals surface area contributed by atoms with Crippen molar-refractivity contribution in [2.75, 3.05) is 0 Å². The van der Waals surface area contributed by atoms with Crippen molar-refractivity contribution in [1.29, 1.82) is 0 Å². The van der Waals surface area contributed by atoms with Gasteiger partial charge in [0, 0.05) is 18.6 Å². The summed E-state index contributed by atoms with van der Waals surface area (Å²) >= 11 is 0. The van der Waals surface area contributed by atoms with Crippen LogP contribution in [0.3, 0.4) is 0 Å². The van der Waals surface area contributed by atoms with Crippen LogP contribution in [0.5, 0.6) is 0 Å². The van der Waals surface area contributed by atoms with E-state index in [1.807, 2.05) is 4.58 Å². The molecular formula is C20H24N+. The van der Waals surface area contributed by atoms with E-state index in [9.17, 15) is 0 Å². The molecule has 0 aromatic heterocycles. The fraction of sp³-hybridized carbons (Fsp3) is 0.250. The highest BCUT2D eigenvalue weighted by atomic mass is 15.0. The second-order valence-electron chi connectivity index (χ2n) is 5.88. The third kappa shape index (κ3) is 3.30. The first-order valence-electron chi connectivity index (χ1n) is 7.32. The van der Waals surface area contributed by atoms with E-state index in [1.54, 1.807) is 0 Å². The maximum absolute atomic E-state index is 4.18. The van der Waals surface area contributed by atoms with Gasteiger partial charge in [-0.1, -0.05) is 29.8 Å². The lowest BCUT2D eigenvalue weighted by molar-refractivity contribution is -0.374. The summed E-state index contributed by atoms with van der Waals surface area (Å²) in [5.74, 6) is 0. The molecule has 0 radical (unpaired) electrons. The molecule has 0 saturated heterocycles. The Kier molecular flexibility index (Phi) is 4.42. The third-order valence-corrected chi connectivity index (χ3v) is 4.00. The van der Waals surface area contributed by atoms with Crippen molar-refractivity contribution >= 4 is 12.4 Å². The summed E-state index contributed by atoms with van der Waals surface area (Å²) in [7, 11) is 0. The Morgan fingerprint density at radius 2 is 1.43 bits per heavy atom. The van der Waals surface area contributed by atoms with Crippen LogP contribution in [0.15, 0.2) is 53.7 Å². The summed E-state index contributed by atoms with van der Waals surface area (Å²) in [6.07, 6.45) is 0. The molecule has 2 aromatic rings. The first kappa shape index (κ1) is 15.2. The Balaban J connectivity index is 2.40. The number of hydrogen-bond acceptors (Lipinski definition) is 0. The fourth-order valence-corrected chi connectivity index (χ4v) is 2.33. The third-order valence-electron chi connectivity index (χ3n) is 4.00. The van der Waals surface area contributed by atoms with E-state index < -0.39 is 0 Å². The predicted octanol–water partition coefficient (Wildman–Crippen LogP) is 5.63. The number of nitrogens with zero attached hydrogens (tertiary/aromatic N) is 1. The first-order valence-corrected chi connectivity index (χ1v) is 7.32. The maximum atomic E-state index is 4.18. The van der Waals surface area contributed by atoms with Crippen LogP contribution in [0.1, 0.15) is 31.9 Å². The van der Waals surface area contributed by atoms with Gasteiger partial charge >= 0.3 is 0 Å². The van der Waals surface area contributed by atoms with Crippen LogP contribution < -0.4 is 0 Å². The van der Waals surface area contributed by atoms with Crippen molar-refractivity contribution in [3.63, 3.8) is 0 Å². The Labute approximate surface area is 128 Å². The van der Waals surface area contributed by atoms with Gasteiger partial charge in [-0.25, -0.2) is 0 Å². The number of aryl methyl sites for hydroxylation is 2. The maximum Gasteiger partial charge on any atom is 0.213 e. The molecule has 1 heteroatoms. The largest absolute Gasteiger partial charge is 0.213 e. The molecule has 0 amide bonds. The minimum atomic E-state index is 1.16. The zero-order valence-corrected chi connectivity index (χ0v) is 13.7. The minimum absolute atomic E-state index is 1.16. The highest BCUT2D eigenvalue weighted by Crippen LogP contribution is 2.28. The lowest BCUT2D eigenvalue weighted by Gasteiger charge is -2.08. The van der Waals surface area contributed by atoms with Crippen LogP contribution in [-0.4, -0.2) is 11.3 Å².